The van der Waals surface area contributed by atoms with Gasteiger partial charge in [-0.2, -0.15) is 0 Å². The second-order valence-corrected chi connectivity index (χ2v) is 5.82. The minimum atomic E-state index is -0.305. The van der Waals surface area contributed by atoms with Gasteiger partial charge in [0.05, 0.1) is 19.7 Å². The summed E-state index contributed by atoms with van der Waals surface area (Å²) in [6.45, 7) is 1.19. The Bertz CT molecular complexity index is 747. The van der Waals surface area contributed by atoms with Crippen LogP contribution in [0.4, 0.5) is 4.79 Å². The molecule has 1 aromatic carbocycles. The highest BCUT2D eigenvalue weighted by molar-refractivity contribution is 6.34. The first-order valence-electron chi connectivity index (χ1n) is 7.60. The lowest BCUT2D eigenvalue weighted by Crippen LogP contribution is -2.41. The van der Waals surface area contributed by atoms with Gasteiger partial charge in [0.2, 0.25) is 0 Å². The van der Waals surface area contributed by atoms with E-state index in [-0.39, 0.29) is 12.2 Å². The lowest BCUT2D eigenvalue weighted by atomic mass is 10.1. The third-order valence-electron chi connectivity index (χ3n) is 4.04. The molecule has 0 atom stereocenters. The average Bonchev–Trinajstić information content (AvgIpc) is 2.62. The van der Waals surface area contributed by atoms with E-state index in [2.05, 4.69) is 9.97 Å². The van der Waals surface area contributed by atoms with Gasteiger partial charge in [0.1, 0.15) is 17.6 Å². The number of hydrogen-bond acceptors (Lipinski definition) is 6. The van der Waals surface area contributed by atoms with E-state index in [1.54, 1.807) is 24.1 Å². The molecule has 0 saturated carbocycles. The van der Waals surface area contributed by atoms with Crippen molar-refractivity contribution in [1.82, 2.24) is 14.9 Å². The van der Waals surface area contributed by atoms with Crippen LogP contribution in [-0.2, 0) is 4.74 Å². The number of likely N-dealkylation sites (tertiary alicyclic amines) is 1. The summed E-state index contributed by atoms with van der Waals surface area (Å²) in [4.78, 5) is 21.4. The number of carbonyl (C=O) groups is 1. The molecule has 7 nitrogen and oxygen atoms in total. The number of fused-ring (bicyclic) bond motifs is 1. The van der Waals surface area contributed by atoms with E-state index in [0.717, 1.165) is 12.8 Å². The zero-order valence-corrected chi connectivity index (χ0v) is 14.2. The predicted octanol–water partition coefficient (Wildman–Crippen LogP) is 2.90. The van der Waals surface area contributed by atoms with E-state index < -0.39 is 0 Å². The van der Waals surface area contributed by atoms with Gasteiger partial charge in [-0.05, 0) is 6.07 Å². The molecule has 1 amide bonds. The van der Waals surface area contributed by atoms with Gasteiger partial charge in [-0.1, -0.05) is 11.6 Å². The number of halogens is 1. The molecule has 1 saturated heterocycles. The van der Waals surface area contributed by atoms with Crippen LogP contribution < -0.4 is 9.47 Å². The largest absolute Gasteiger partial charge is 0.493 e. The molecule has 0 bridgehead atoms. The van der Waals surface area contributed by atoms with Crippen molar-refractivity contribution in [3.8, 4) is 11.5 Å². The molecular weight excluding hydrogens is 334 g/mol. The number of ether oxygens (including phenoxy) is 3. The zero-order valence-electron chi connectivity index (χ0n) is 13.5. The molecule has 1 aliphatic heterocycles. The third-order valence-corrected chi connectivity index (χ3v) is 4.34. The van der Waals surface area contributed by atoms with E-state index in [1.807, 2.05) is 0 Å². The summed E-state index contributed by atoms with van der Waals surface area (Å²) in [7, 11) is 2.97. The van der Waals surface area contributed by atoms with Crippen LogP contribution in [0.2, 0.25) is 5.15 Å². The van der Waals surface area contributed by atoms with Gasteiger partial charge < -0.3 is 19.1 Å². The molecule has 1 aromatic heterocycles. The van der Waals surface area contributed by atoms with Crippen LogP contribution >= 0.6 is 11.6 Å². The minimum absolute atomic E-state index is 0.0133. The lowest BCUT2D eigenvalue weighted by Gasteiger charge is -2.31. The van der Waals surface area contributed by atoms with Crippen LogP contribution in [0.15, 0.2) is 18.5 Å². The Morgan fingerprint density at radius 2 is 1.96 bits per heavy atom. The first kappa shape index (κ1) is 16.6. The number of carbonyl (C=O) groups excluding carboxylic acids is 1. The highest BCUT2D eigenvalue weighted by atomic mass is 35.5. The number of rotatable bonds is 3. The van der Waals surface area contributed by atoms with Crippen LogP contribution in [0.5, 0.6) is 11.5 Å². The standard InChI is InChI=1S/C16H18ClN3O4/c1-22-13-8-12-11(15(17)19-9-18-12)7-14(13)24-10-3-5-20(6-4-10)16(21)23-2/h7-10H,3-6H2,1-2H3. The van der Waals surface area contributed by atoms with Gasteiger partial charge in [-0.15, -0.1) is 0 Å². The van der Waals surface area contributed by atoms with Gasteiger partial charge in [0, 0.05) is 37.4 Å². The normalized spacial score (nSPS) is 15.4. The van der Waals surface area contributed by atoms with E-state index in [9.17, 15) is 4.79 Å². The molecule has 0 aliphatic carbocycles. The summed E-state index contributed by atoms with van der Waals surface area (Å²) >= 11 is 6.13. The molecule has 2 aromatic rings. The van der Waals surface area contributed by atoms with Crippen molar-refractivity contribution in [2.45, 2.75) is 18.9 Å². The third kappa shape index (κ3) is 3.31. The fraction of sp³-hybridized carbons (Fsp3) is 0.438. The maximum absolute atomic E-state index is 11.5. The SMILES string of the molecule is COC(=O)N1CCC(Oc2cc3c(Cl)ncnc3cc2OC)CC1. The smallest absolute Gasteiger partial charge is 0.409 e. The van der Waals surface area contributed by atoms with Gasteiger partial charge >= 0.3 is 6.09 Å². The van der Waals surface area contributed by atoms with E-state index >= 15 is 0 Å². The lowest BCUT2D eigenvalue weighted by molar-refractivity contribution is 0.0779. The monoisotopic (exact) mass is 351 g/mol. The van der Waals surface area contributed by atoms with E-state index in [0.29, 0.717) is 40.6 Å². The summed E-state index contributed by atoms with van der Waals surface area (Å²) in [6, 6.07) is 3.57. The molecule has 0 unspecified atom stereocenters. The fourth-order valence-corrected chi connectivity index (χ4v) is 2.94. The number of aromatic nitrogens is 2. The first-order valence-corrected chi connectivity index (χ1v) is 7.98. The van der Waals surface area contributed by atoms with Crippen LogP contribution in [0.1, 0.15) is 12.8 Å². The zero-order chi connectivity index (χ0) is 17.1. The van der Waals surface area contributed by atoms with Crippen LogP contribution in [-0.4, -0.2) is 54.4 Å². The van der Waals surface area contributed by atoms with E-state index in [4.69, 9.17) is 25.8 Å². The number of nitrogens with zero attached hydrogens (tertiary/aromatic N) is 3. The number of amides is 1. The molecule has 3 rings (SSSR count). The maximum Gasteiger partial charge on any atom is 0.409 e. The van der Waals surface area contributed by atoms with Crippen molar-refractivity contribution in [1.29, 1.82) is 0 Å². The Kier molecular flexibility index (Phi) is 4.89. The molecule has 0 radical (unpaired) electrons. The highest BCUT2D eigenvalue weighted by Crippen LogP contribution is 2.35. The molecule has 0 spiro atoms. The molecule has 0 N–H and O–H groups in total. The topological polar surface area (TPSA) is 73.8 Å². The van der Waals surface area contributed by atoms with Gasteiger partial charge in [-0.3, -0.25) is 0 Å². The molecule has 24 heavy (non-hydrogen) atoms. The summed E-state index contributed by atoms with van der Waals surface area (Å²) in [5, 5.41) is 1.08. The Balaban J connectivity index is 1.78. The summed E-state index contributed by atoms with van der Waals surface area (Å²) in [6.07, 6.45) is 2.53. The van der Waals surface area contributed by atoms with E-state index in [1.165, 1.54) is 13.4 Å². The molecule has 1 fully saturated rings. The highest BCUT2D eigenvalue weighted by Gasteiger charge is 2.25. The van der Waals surface area contributed by atoms with Gasteiger partial charge in [0.25, 0.3) is 0 Å². The number of methoxy groups -OCH3 is 2. The van der Waals surface area contributed by atoms with Crippen molar-refractivity contribution in [2.75, 3.05) is 27.3 Å². The first-order chi connectivity index (χ1) is 11.6. The second-order valence-electron chi connectivity index (χ2n) is 5.46. The van der Waals surface area contributed by atoms with Crippen molar-refractivity contribution in [2.24, 2.45) is 0 Å². The van der Waals surface area contributed by atoms with Crippen LogP contribution in [0.3, 0.4) is 0 Å². The van der Waals surface area contributed by atoms with Crippen molar-refractivity contribution >= 4 is 28.6 Å². The molecule has 1 aliphatic rings. The number of benzene rings is 1. The van der Waals surface area contributed by atoms with Crippen LogP contribution in [0, 0.1) is 0 Å². The molecule has 128 valence electrons. The second kappa shape index (κ2) is 7.09. The number of hydrogen-bond donors (Lipinski definition) is 0. The average molecular weight is 352 g/mol. The Hall–Kier alpha value is -2.28. The Morgan fingerprint density at radius 1 is 1.21 bits per heavy atom. The quantitative estimate of drug-likeness (QED) is 0.792. The summed E-state index contributed by atoms with van der Waals surface area (Å²) in [5.41, 5.74) is 0.694. The van der Waals surface area contributed by atoms with Crippen molar-refractivity contribution in [3.63, 3.8) is 0 Å². The number of piperidine rings is 1. The molecule has 2 heterocycles. The van der Waals surface area contributed by atoms with Crippen molar-refractivity contribution in [3.05, 3.63) is 23.6 Å². The molecular formula is C16H18ClN3O4. The Morgan fingerprint density at radius 3 is 2.62 bits per heavy atom. The Labute approximate surface area is 144 Å². The summed E-state index contributed by atoms with van der Waals surface area (Å²) < 4.78 is 16.2. The molecule has 8 heteroatoms. The van der Waals surface area contributed by atoms with Gasteiger partial charge in [-0.25, -0.2) is 14.8 Å². The van der Waals surface area contributed by atoms with Crippen LogP contribution in [0.25, 0.3) is 10.9 Å². The summed E-state index contributed by atoms with van der Waals surface area (Å²) in [5.74, 6) is 1.19. The minimum Gasteiger partial charge on any atom is -0.493 e. The fourth-order valence-electron chi connectivity index (χ4n) is 2.75. The predicted molar refractivity (Wildman–Crippen MR) is 88.7 cm³/mol. The van der Waals surface area contributed by atoms with Crippen molar-refractivity contribution < 1.29 is 19.0 Å². The van der Waals surface area contributed by atoms with Gasteiger partial charge in [0.15, 0.2) is 11.5 Å². The maximum atomic E-state index is 11.5.